The van der Waals surface area contributed by atoms with Crippen molar-refractivity contribution >= 4 is 45.2 Å². The molecule has 0 radical (unpaired) electrons. The van der Waals surface area contributed by atoms with Crippen molar-refractivity contribution in [2.45, 2.75) is 16.6 Å². The number of fused-ring (bicyclic) bond motifs is 1. The summed E-state index contributed by atoms with van der Waals surface area (Å²) in [6.07, 6.45) is 1.62. The molecule has 0 aliphatic heterocycles. The van der Waals surface area contributed by atoms with Crippen LogP contribution in [-0.2, 0) is 12.3 Å². The van der Waals surface area contributed by atoms with E-state index in [4.69, 9.17) is 10.2 Å². The van der Waals surface area contributed by atoms with Crippen LogP contribution < -0.4 is 11.1 Å². The first kappa shape index (κ1) is 15.9. The van der Waals surface area contributed by atoms with Gasteiger partial charge in [0.05, 0.1) is 28.8 Å². The van der Waals surface area contributed by atoms with Crippen LogP contribution in [0.5, 0.6) is 0 Å². The molecule has 3 aromatic heterocycles. The quantitative estimate of drug-likeness (QED) is 0.497. The smallest absolute Gasteiger partial charge is 0.228 e. The molecule has 1 aromatic carbocycles. The van der Waals surface area contributed by atoms with E-state index in [0.717, 1.165) is 15.6 Å². The number of thiazole rings is 1. The first-order chi connectivity index (χ1) is 12.3. The van der Waals surface area contributed by atoms with E-state index >= 15 is 0 Å². The Kier molecular flexibility index (Phi) is 4.49. The van der Waals surface area contributed by atoms with Gasteiger partial charge in [0.2, 0.25) is 11.9 Å². The Morgan fingerprint density at radius 2 is 2.00 bits per heavy atom. The minimum atomic E-state index is 0.192. The van der Waals surface area contributed by atoms with Gasteiger partial charge in [-0.25, -0.2) is 4.98 Å². The summed E-state index contributed by atoms with van der Waals surface area (Å²) in [5.41, 5.74) is 6.80. The molecule has 25 heavy (non-hydrogen) atoms. The van der Waals surface area contributed by atoms with Crippen LogP contribution in [0.1, 0.15) is 11.6 Å². The number of furan rings is 1. The van der Waals surface area contributed by atoms with Crippen LogP contribution in [0.2, 0.25) is 0 Å². The standard InChI is InChI=1S/C16H14N6OS2/c17-14-20-13(21-15(22-14)18-8-10-4-3-7-23-10)9-24-16-19-11-5-1-2-6-12(11)25-16/h1-7H,8-9H2,(H3,17,18,20,21,22). The van der Waals surface area contributed by atoms with E-state index in [1.165, 1.54) is 4.70 Å². The third-order valence-electron chi connectivity index (χ3n) is 3.30. The van der Waals surface area contributed by atoms with Crippen molar-refractivity contribution in [3.8, 4) is 0 Å². The fraction of sp³-hybridized carbons (Fsp3) is 0.125. The highest BCUT2D eigenvalue weighted by molar-refractivity contribution is 8.00. The number of nitrogens with two attached hydrogens (primary N) is 1. The lowest BCUT2D eigenvalue weighted by Crippen LogP contribution is -2.09. The molecule has 0 spiro atoms. The number of rotatable bonds is 6. The third kappa shape index (κ3) is 3.89. The normalized spacial score (nSPS) is 11.0. The number of aromatic nitrogens is 4. The van der Waals surface area contributed by atoms with Crippen LogP contribution in [0.25, 0.3) is 10.2 Å². The van der Waals surface area contributed by atoms with Gasteiger partial charge in [0, 0.05) is 0 Å². The first-order valence-corrected chi connectivity index (χ1v) is 9.31. The van der Waals surface area contributed by atoms with Crippen LogP contribution in [-0.4, -0.2) is 19.9 Å². The molecule has 0 unspecified atom stereocenters. The second-order valence-corrected chi connectivity index (χ2v) is 7.36. The maximum Gasteiger partial charge on any atom is 0.228 e. The highest BCUT2D eigenvalue weighted by atomic mass is 32.2. The molecule has 0 atom stereocenters. The lowest BCUT2D eigenvalue weighted by Gasteiger charge is -2.05. The maximum absolute atomic E-state index is 5.79. The summed E-state index contributed by atoms with van der Waals surface area (Å²) in [6.45, 7) is 0.487. The van der Waals surface area contributed by atoms with Gasteiger partial charge in [-0.1, -0.05) is 23.9 Å². The van der Waals surface area contributed by atoms with Crippen LogP contribution in [0, 0.1) is 0 Å². The number of nitrogen functional groups attached to an aromatic ring is 1. The van der Waals surface area contributed by atoms with Crippen molar-refractivity contribution < 1.29 is 4.42 Å². The SMILES string of the molecule is Nc1nc(CSc2nc3ccccc3s2)nc(NCc2ccco2)n1. The number of hydrogen-bond donors (Lipinski definition) is 2. The first-order valence-electron chi connectivity index (χ1n) is 7.51. The fourth-order valence-corrected chi connectivity index (χ4v) is 4.12. The molecule has 7 nitrogen and oxygen atoms in total. The molecular weight excluding hydrogens is 356 g/mol. The largest absolute Gasteiger partial charge is 0.467 e. The minimum Gasteiger partial charge on any atom is -0.467 e. The lowest BCUT2D eigenvalue weighted by molar-refractivity contribution is 0.517. The van der Waals surface area contributed by atoms with Crippen molar-refractivity contribution in [2.24, 2.45) is 0 Å². The van der Waals surface area contributed by atoms with E-state index in [2.05, 4.69) is 31.3 Å². The predicted molar refractivity (Wildman–Crippen MR) is 99.5 cm³/mol. The van der Waals surface area contributed by atoms with Gasteiger partial charge in [-0.2, -0.15) is 15.0 Å². The number of nitrogens with one attached hydrogen (secondary N) is 1. The van der Waals surface area contributed by atoms with Gasteiger partial charge in [0.15, 0.2) is 4.34 Å². The Balaban J connectivity index is 1.44. The topological polar surface area (TPSA) is 103 Å². The van der Waals surface area contributed by atoms with Crippen molar-refractivity contribution in [1.82, 2.24) is 19.9 Å². The molecule has 126 valence electrons. The molecule has 0 saturated carbocycles. The molecule has 0 fully saturated rings. The average molecular weight is 370 g/mol. The summed E-state index contributed by atoms with van der Waals surface area (Å²) in [6, 6.07) is 11.8. The van der Waals surface area contributed by atoms with Gasteiger partial charge in [0.1, 0.15) is 11.6 Å². The Morgan fingerprint density at radius 3 is 2.84 bits per heavy atom. The van der Waals surface area contributed by atoms with Gasteiger partial charge in [-0.05, 0) is 24.3 Å². The zero-order chi connectivity index (χ0) is 17.1. The molecule has 0 aliphatic carbocycles. The van der Waals surface area contributed by atoms with E-state index in [1.54, 1.807) is 29.4 Å². The maximum atomic E-state index is 5.79. The molecule has 0 saturated heterocycles. The molecule has 4 rings (SSSR count). The molecule has 3 N–H and O–H groups in total. The summed E-state index contributed by atoms with van der Waals surface area (Å²) >= 11 is 3.24. The van der Waals surface area contributed by atoms with E-state index < -0.39 is 0 Å². The van der Waals surface area contributed by atoms with E-state index in [-0.39, 0.29) is 5.95 Å². The summed E-state index contributed by atoms with van der Waals surface area (Å²) < 4.78 is 7.42. The number of hydrogen-bond acceptors (Lipinski definition) is 9. The number of para-hydroxylation sites is 1. The molecular formula is C16H14N6OS2. The molecule has 0 aliphatic rings. The summed E-state index contributed by atoms with van der Waals surface area (Å²) in [5, 5.41) is 3.09. The second kappa shape index (κ2) is 7.08. The Morgan fingerprint density at radius 1 is 1.08 bits per heavy atom. The van der Waals surface area contributed by atoms with Crippen molar-refractivity contribution in [2.75, 3.05) is 11.1 Å². The van der Waals surface area contributed by atoms with Crippen molar-refractivity contribution in [3.05, 3.63) is 54.2 Å². The molecule has 9 heteroatoms. The number of benzene rings is 1. The summed E-state index contributed by atoms with van der Waals surface area (Å²) in [4.78, 5) is 17.3. The number of thioether (sulfide) groups is 1. The lowest BCUT2D eigenvalue weighted by atomic mass is 10.3. The van der Waals surface area contributed by atoms with Crippen LogP contribution in [0.15, 0.2) is 51.4 Å². The molecule has 0 amide bonds. The third-order valence-corrected chi connectivity index (χ3v) is 5.47. The van der Waals surface area contributed by atoms with Gasteiger partial charge >= 0.3 is 0 Å². The molecule has 0 bridgehead atoms. The Hall–Kier alpha value is -2.65. The van der Waals surface area contributed by atoms with Crippen LogP contribution in [0.3, 0.4) is 0 Å². The minimum absolute atomic E-state index is 0.192. The molecule has 4 aromatic rings. The van der Waals surface area contributed by atoms with Gasteiger partial charge in [-0.15, -0.1) is 11.3 Å². The molecule has 3 heterocycles. The van der Waals surface area contributed by atoms with Gasteiger partial charge in [-0.3, -0.25) is 0 Å². The second-order valence-electron chi connectivity index (χ2n) is 5.10. The monoisotopic (exact) mass is 370 g/mol. The van der Waals surface area contributed by atoms with Crippen molar-refractivity contribution in [3.63, 3.8) is 0 Å². The zero-order valence-corrected chi connectivity index (χ0v) is 14.7. The van der Waals surface area contributed by atoms with Crippen LogP contribution >= 0.6 is 23.1 Å². The summed E-state index contributed by atoms with van der Waals surface area (Å²) in [5.74, 6) is 2.60. The van der Waals surface area contributed by atoms with Gasteiger partial charge < -0.3 is 15.5 Å². The fourth-order valence-electron chi connectivity index (χ4n) is 2.20. The highest BCUT2D eigenvalue weighted by Crippen LogP contribution is 2.30. The van der Waals surface area contributed by atoms with Crippen LogP contribution in [0.4, 0.5) is 11.9 Å². The van der Waals surface area contributed by atoms with E-state index in [0.29, 0.717) is 24.1 Å². The number of nitrogens with zero attached hydrogens (tertiary/aromatic N) is 4. The number of anilines is 2. The zero-order valence-electron chi connectivity index (χ0n) is 13.0. The highest BCUT2D eigenvalue weighted by Gasteiger charge is 2.09. The Bertz CT molecular complexity index is 952. The predicted octanol–water partition coefficient (Wildman–Crippen LogP) is 3.56. The van der Waals surface area contributed by atoms with Gasteiger partial charge in [0.25, 0.3) is 0 Å². The van der Waals surface area contributed by atoms with Crippen molar-refractivity contribution in [1.29, 1.82) is 0 Å². The Labute approximate surface area is 151 Å². The van der Waals surface area contributed by atoms with E-state index in [9.17, 15) is 0 Å². The average Bonchev–Trinajstić information content (AvgIpc) is 3.27. The summed E-state index contributed by atoms with van der Waals surface area (Å²) in [7, 11) is 0. The van der Waals surface area contributed by atoms with E-state index in [1.807, 2.05) is 30.3 Å².